The number of hydrogen-bond donors (Lipinski definition) is 1. The van der Waals surface area contributed by atoms with E-state index in [1.165, 1.54) is 0 Å². The molecule has 1 aromatic rings. The summed E-state index contributed by atoms with van der Waals surface area (Å²) < 4.78 is 29.6. The van der Waals surface area contributed by atoms with Crippen LogP contribution in [0.15, 0.2) is 22.1 Å². The number of nitrogens with zero attached hydrogens (tertiary/aromatic N) is 3. The molecule has 0 radical (unpaired) electrons. The molecular weight excluding hydrogens is 316 g/mol. The van der Waals surface area contributed by atoms with Crippen LogP contribution in [0.3, 0.4) is 0 Å². The minimum Gasteiger partial charge on any atom is -0.381 e. The maximum absolute atomic E-state index is 12.1. The summed E-state index contributed by atoms with van der Waals surface area (Å²) in [6.07, 6.45) is 1.01. The lowest BCUT2D eigenvalue weighted by molar-refractivity contribution is 0.150. The van der Waals surface area contributed by atoms with Crippen LogP contribution in [-0.4, -0.2) is 21.6 Å². The Hall–Kier alpha value is -1.60. The highest BCUT2D eigenvalue weighted by Crippen LogP contribution is 2.27. The van der Waals surface area contributed by atoms with Crippen LogP contribution < -0.4 is 5.14 Å². The van der Waals surface area contributed by atoms with Crippen LogP contribution in [0.25, 0.3) is 10.4 Å². The summed E-state index contributed by atoms with van der Waals surface area (Å²) in [5, 5.41) is 9.01. The van der Waals surface area contributed by atoms with E-state index in [9.17, 15) is 8.42 Å². The summed E-state index contributed by atoms with van der Waals surface area (Å²) in [6.45, 7) is 6.91. The zero-order valence-corrected chi connectivity index (χ0v) is 14.6. The molecule has 1 aromatic carbocycles. The standard InChI is InChI=1S/C15H24N4O3S/c1-4-22-8-7-14-13(10-18-19-16)6-5-12(9-11(2)3)15(14)23(17,20)21/h5-6,11H,4,7-10H2,1-3H3,(H2,17,20,21). The third-order valence-electron chi connectivity index (χ3n) is 3.36. The zero-order chi connectivity index (χ0) is 17.5. The van der Waals surface area contributed by atoms with Gasteiger partial charge >= 0.3 is 0 Å². The van der Waals surface area contributed by atoms with E-state index in [0.717, 1.165) is 0 Å². The van der Waals surface area contributed by atoms with Gasteiger partial charge in [-0.15, -0.1) is 0 Å². The van der Waals surface area contributed by atoms with Gasteiger partial charge in [-0.2, -0.15) is 0 Å². The lowest BCUT2D eigenvalue weighted by Crippen LogP contribution is -2.20. The molecule has 0 atom stereocenters. The summed E-state index contributed by atoms with van der Waals surface area (Å²) in [5.74, 6) is 0.290. The topological polar surface area (TPSA) is 118 Å². The van der Waals surface area contributed by atoms with Gasteiger partial charge in [0.05, 0.1) is 18.0 Å². The molecule has 0 aliphatic heterocycles. The Morgan fingerprint density at radius 1 is 1.35 bits per heavy atom. The van der Waals surface area contributed by atoms with E-state index in [4.69, 9.17) is 15.4 Å². The summed E-state index contributed by atoms with van der Waals surface area (Å²) in [4.78, 5) is 2.89. The number of azide groups is 1. The van der Waals surface area contributed by atoms with Crippen molar-refractivity contribution in [3.05, 3.63) is 39.3 Å². The largest absolute Gasteiger partial charge is 0.381 e. The molecule has 0 aromatic heterocycles. The van der Waals surface area contributed by atoms with Crippen molar-refractivity contribution in [2.75, 3.05) is 13.2 Å². The fourth-order valence-electron chi connectivity index (χ4n) is 2.52. The van der Waals surface area contributed by atoms with E-state index in [1.54, 1.807) is 6.07 Å². The first-order chi connectivity index (χ1) is 10.8. The average molecular weight is 340 g/mol. The Balaban J connectivity index is 3.47. The second-order valence-corrected chi connectivity index (χ2v) is 7.17. The molecule has 0 saturated heterocycles. The summed E-state index contributed by atoms with van der Waals surface area (Å²) in [6, 6.07) is 3.56. The van der Waals surface area contributed by atoms with Crippen LogP contribution in [0.4, 0.5) is 0 Å². The molecule has 0 aliphatic rings. The molecule has 2 N–H and O–H groups in total. The molecule has 7 nitrogen and oxygen atoms in total. The summed E-state index contributed by atoms with van der Waals surface area (Å²) >= 11 is 0. The SMILES string of the molecule is CCOCCc1c(CN=[N+]=[N-])ccc(CC(C)C)c1S(N)(=O)=O. The molecule has 0 heterocycles. The van der Waals surface area contributed by atoms with Crippen LogP contribution >= 0.6 is 0 Å². The fourth-order valence-corrected chi connectivity index (χ4v) is 3.61. The van der Waals surface area contributed by atoms with Gasteiger partial charge in [-0.05, 0) is 47.9 Å². The first-order valence-electron chi connectivity index (χ1n) is 7.56. The van der Waals surface area contributed by atoms with Gasteiger partial charge in [0, 0.05) is 11.5 Å². The maximum atomic E-state index is 12.1. The first-order valence-corrected chi connectivity index (χ1v) is 9.10. The van der Waals surface area contributed by atoms with Crippen LogP contribution in [0.1, 0.15) is 37.5 Å². The second kappa shape index (κ2) is 8.88. The van der Waals surface area contributed by atoms with E-state index in [2.05, 4.69) is 10.0 Å². The van der Waals surface area contributed by atoms with Crippen molar-refractivity contribution >= 4 is 10.0 Å². The molecule has 0 saturated carbocycles. The number of hydrogen-bond acceptors (Lipinski definition) is 4. The third-order valence-corrected chi connectivity index (χ3v) is 4.43. The third kappa shape index (κ3) is 5.84. The highest BCUT2D eigenvalue weighted by Gasteiger charge is 2.22. The Kier molecular flexibility index (Phi) is 7.51. The molecule has 0 spiro atoms. The van der Waals surface area contributed by atoms with Crippen LogP contribution in [0.5, 0.6) is 0 Å². The van der Waals surface area contributed by atoms with Gasteiger partial charge in [0.15, 0.2) is 0 Å². The highest BCUT2D eigenvalue weighted by molar-refractivity contribution is 7.89. The normalized spacial score (nSPS) is 11.5. The van der Waals surface area contributed by atoms with Gasteiger partial charge in [-0.3, -0.25) is 0 Å². The van der Waals surface area contributed by atoms with Crippen molar-refractivity contribution in [2.45, 2.75) is 45.1 Å². The number of primary sulfonamides is 1. The van der Waals surface area contributed by atoms with E-state index < -0.39 is 10.0 Å². The fraction of sp³-hybridized carbons (Fsp3) is 0.600. The number of ether oxygens (including phenoxy) is 1. The summed E-state index contributed by atoms with van der Waals surface area (Å²) in [7, 11) is -3.88. The number of rotatable bonds is 9. The molecule has 0 bridgehead atoms. The molecule has 0 amide bonds. The van der Waals surface area contributed by atoms with E-state index in [-0.39, 0.29) is 11.4 Å². The van der Waals surface area contributed by atoms with E-state index >= 15 is 0 Å². The Morgan fingerprint density at radius 2 is 2.00 bits per heavy atom. The minimum absolute atomic E-state index is 0.0858. The van der Waals surface area contributed by atoms with Gasteiger partial charge < -0.3 is 4.74 Å². The van der Waals surface area contributed by atoms with Crippen molar-refractivity contribution in [3.8, 4) is 0 Å². The van der Waals surface area contributed by atoms with Crippen LogP contribution in [0, 0.1) is 5.92 Å². The van der Waals surface area contributed by atoms with Crippen molar-refractivity contribution in [3.63, 3.8) is 0 Å². The van der Waals surface area contributed by atoms with E-state index in [1.807, 2.05) is 26.8 Å². The van der Waals surface area contributed by atoms with Crippen molar-refractivity contribution in [1.82, 2.24) is 0 Å². The molecule has 0 unspecified atom stereocenters. The van der Waals surface area contributed by atoms with Crippen molar-refractivity contribution in [2.24, 2.45) is 16.2 Å². The van der Waals surface area contributed by atoms with Crippen molar-refractivity contribution in [1.29, 1.82) is 0 Å². The van der Waals surface area contributed by atoms with Gasteiger partial charge in [0.25, 0.3) is 0 Å². The van der Waals surface area contributed by atoms with Gasteiger partial charge in [-0.1, -0.05) is 31.1 Å². The van der Waals surface area contributed by atoms with E-state index in [0.29, 0.717) is 48.7 Å². The quantitative estimate of drug-likeness (QED) is 0.322. The highest BCUT2D eigenvalue weighted by atomic mass is 32.2. The Bertz CT molecular complexity index is 680. The predicted molar refractivity (Wildman–Crippen MR) is 89.4 cm³/mol. The molecule has 128 valence electrons. The van der Waals surface area contributed by atoms with Gasteiger partial charge in [-0.25, -0.2) is 13.6 Å². The Labute approximate surface area is 137 Å². The number of benzene rings is 1. The molecule has 1 rings (SSSR count). The molecule has 0 aliphatic carbocycles. The minimum atomic E-state index is -3.88. The molecule has 0 fully saturated rings. The van der Waals surface area contributed by atoms with Crippen molar-refractivity contribution < 1.29 is 13.2 Å². The molecular formula is C15H24N4O3S. The Morgan fingerprint density at radius 3 is 2.52 bits per heavy atom. The van der Waals surface area contributed by atoms with Gasteiger partial charge in [0.1, 0.15) is 0 Å². The first kappa shape index (κ1) is 19.4. The predicted octanol–water partition coefficient (Wildman–Crippen LogP) is 2.92. The molecule has 23 heavy (non-hydrogen) atoms. The lowest BCUT2D eigenvalue weighted by Gasteiger charge is -2.18. The van der Waals surface area contributed by atoms with Gasteiger partial charge in [0.2, 0.25) is 10.0 Å². The van der Waals surface area contributed by atoms with Crippen LogP contribution in [0.2, 0.25) is 0 Å². The number of nitrogens with two attached hydrogens (primary N) is 1. The molecule has 8 heteroatoms. The smallest absolute Gasteiger partial charge is 0.238 e. The summed E-state index contributed by atoms with van der Waals surface area (Å²) in [5.41, 5.74) is 10.5. The lowest BCUT2D eigenvalue weighted by atomic mass is 9.96. The second-order valence-electron chi connectivity index (χ2n) is 5.67. The monoisotopic (exact) mass is 340 g/mol. The maximum Gasteiger partial charge on any atom is 0.238 e. The number of sulfonamides is 1. The van der Waals surface area contributed by atoms with Crippen LogP contribution in [-0.2, 0) is 34.1 Å². The zero-order valence-electron chi connectivity index (χ0n) is 13.8. The average Bonchev–Trinajstić information content (AvgIpc) is 2.44.